The van der Waals surface area contributed by atoms with Crippen LogP contribution in [0.3, 0.4) is 0 Å². The third-order valence-corrected chi connectivity index (χ3v) is 4.13. The molecular formula is C15H15Cl2NO3. The lowest BCUT2D eigenvalue weighted by molar-refractivity contribution is -0.144. The zero-order valence-electron chi connectivity index (χ0n) is 11.3. The van der Waals surface area contributed by atoms with Crippen LogP contribution in [0, 0.1) is 5.92 Å². The zero-order valence-corrected chi connectivity index (χ0v) is 12.8. The Morgan fingerprint density at radius 2 is 1.95 bits per heavy atom. The molecule has 4 nitrogen and oxygen atoms in total. The number of carbonyl (C=O) groups excluding carboxylic acids is 1. The first-order valence-corrected chi connectivity index (χ1v) is 7.38. The zero-order chi connectivity index (χ0) is 15.4. The van der Waals surface area contributed by atoms with E-state index in [0.29, 0.717) is 35.0 Å². The van der Waals surface area contributed by atoms with Gasteiger partial charge < -0.3 is 10.0 Å². The van der Waals surface area contributed by atoms with Crippen LogP contribution in [0.15, 0.2) is 24.3 Å². The molecule has 0 saturated carbocycles. The van der Waals surface area contributed by atoms with Crippen LogP contribution in [0.1, 0.15) is 18.4 Å². The van der Waals surface area contributed by atoms with Crippen LogP contribution in [0.4, 0.5) is 0 Å². The molecular weight excluding hydrogens is 313 g/mol. The number of carboxylic acids is 1. The van der Waals surface area contributed by atoms with E-state index in [1.54, 1.807) is 29.2 Å². The number of benzene rings is 1. The lowest BCUT2D eigenvalue weighted by Gasteiger charge is -2.29. The van der Waals surface area contributed by atoms with E-state index in [-0.39, 0.29) is 12.5 Å². The quantitative estimate of drug-likeness (QED) is 0.866. The van der Waals surface area contributed by atoms with Gasteiger partial charge in [-0.1, -0.05) is 29.3 Å². The molecule has 21 heavy (non-hydrogen) atoms. The van der Waals surface area contributed by atoms with Gasteiger partial charge in [0, 0.05) is 34.8 Å². The highest BCUT2D eigenvalue weighted by molar-refractivity contribution is 6.37. The van der Waals surface area contributed by atoms with Gasteiger partial charge in [-0.3, -0.25) is 9.59 Å². The van der Waals surface area contributed by atoms with Crippen molar-refractivity contribution in [3.8, 4) is 0 Å². The maximum Gasteiger partial charge on any atom is 0.308 e. The highest BCUT2D eigenvalue weighted by Crippen LogP contribution is 2.25. The van der Waals surface area contributed by atoms with Crippen molar-refractivity contribution < 1.29 is 14.7 Å². The summed E-state index contributed by atoms with van der Waals surface area (Å²) in [5.41, 5.74) is 0.584. The molecule has 1 atom stereocenters. The Kier molecular flexibility index (Phi) is 5.26. The fraction of sp³-hybridized carbons (Fsp3) is 0.333. The Balaban J connectivity index is 2.07. The van der Waals surface area contributed by atoms with Crippen molar-refractivity contribution in [2.45, 2.75) is 12.8 Å². The first-order valence-electron chi connectivity index (χ1n) is 6.63. The molecule has 0 unspecified atom stereocenters. The van der Waals surface area contributed by atoms with Crippen molar-refractivity contribution in [1.82, 2.24) is 4.90 Å². The topological polar surface area (TPSA) is 57.6 Å². The number of carbonyl (C=O) groups is 2. The largest absolute Gasteiger partial charge is 0.481 e. The Hall–Kier alpha value is -1.52. The number of hydrogen-bond donors (Lipinski definition) is 1. The number of halogens is 2. The van der Waals surface area contributed by atoms with E-state index in [2.05, 4.69) is 0 Å². The Morgan fingerprint density at radius 1 is 1.29 bits per heavy atom. The minimum atomic E-state index is -0.856. The Labute approximate surface area is 133 Å². The second-order valence-corrected chi connectivity index (χ2v) is 5.74. The number of hydrogen-bond acceptors (Lipinski definition) is 2. The molecule has 0 bridgehead atoms. The molecule has 2 rings (SSSR count). The lowest BCUT2D eigenvalue weighted by atomic mass is 9.98. The average molecular weight is 328 g/mol. The number of aliphatic carboxylic acids is 1. The fourth-order valence-corrected chi connectivity index (χ4v) is 2.83. The van der Waals surface area contributed by atoms with E-state index in [1.807, 2.05) is 0 Å². The van der Waals surface area contributed by atoms with Crippen molar-refractivity contribution in [1.29, 1.82) is 0 Å². The molecule has 6 heteroatoms. The SMILES string of the molecule is O=C(O)[C@H]1CCCN(C(=O)/C=C/c2c(Cl)cccc2Cl)C1. The maximum atomic E-state index is 12.1. The van der Waals surface area contributed by atoms with E-state index in [4.69, 9.17) is 28.3 Å². The number of piperidine rings is 1. The van der Waals surface area contributed by atoms with E-state index in [0.717, 1.165) is 0 Å². The van der Waals surface area contributed by atoms with Crippen LogP contribution >= 0.6 is 23.2 Å². The third kappa shape index (κ3) is 3.99. The predicted octanol–water partition coefficient (Wildman–Crippen LogP) is 3.33. The summed E-state index contributed by atoms with van der Waals surface area (Å²) in [5.74, 6) is -1.57. The van der Waals surface area contributed by atoms with Crippen molar-refractivity contribution in [3.63, 3.8) is 0 Å². The second kappa shape index (κ2) is 6.96. The molecule has 1 aliphatic rings. The standard InChI is InChI=1S/C15H15Cl2NO3/c16-12-4-1-5-13(17)11(12)6-7-14(19)18-8-2-3-10(9-18)15(20)21/h1,4-7,10H,2-3,8-9H2,(H,20,21)/b7-6+/t10-/m0/s1. The molecule has 0 aliphatic carbocycles. The van der Waals surface area contributed by atoms with E-state index in [9.17, 15) is 9.59 Å². The monoisotopic (exact) mass is 327 g/mol. The van der Waals surface area contributed by atoms with Gasteiger partial charge in [0.25, 0.3) is 0 Å². The predicted molar refractivity (Wildman–Crippen MR) is 82.4 cm³/mol. The van der Waals surface area contributed by atoms with E-state index < -0.39 is 11.9 Å². The summed E-state index contributed by atoms with van der Waals surface area (Å²) in [6, 6.07) is 5.11. The van der Waals surface area contributed by atoms with Gasteiger partial charge in [-0.25, -0.2) is 0 Å². The minimum absolute atomic E-state index is 0.225. The molecule has 0 aromatic heterocycles. The molecule has 1 aromatic rings. The summed E-state index contributed by atoms with van der Waals surface area (Å²) < 4.78 is 0. The summed E-state index contributed by atoms with van der Waals surface area (Å²) in [6.07, 6.45) is 4.26. The first-order chi connectivity index (χ1) is 9.99. The van der Waals surface area contributed by atoms with Gasteiger partial charge in [-0.15, -0.1) is 0 Å². The van der Waals surface area contributed by atoms with Crippen molar-refractivity contribution >= 4 is 41.2 Å². The summed E-state index contributed by atoms with van der Waals surface area (Å²) in [5, 5.41) is 9.96. The van der Waals surface area contributed by atoms with E-state index >= 15 is 0 Å². The molecule has 0 spiro atoms. The molecule has 1 saturated heterocycles. The first kappa shape index (κ1) is 15.9. The molecule has 112 valence electrons. The van der Waals surface area contributed by atoms with Crippen LogP contribution in [0.25, 0.3) is 6.08 Å². The van der Waals surface area contributed by atoms with E-state index in [1.165, 1.54) is 6.08 Å². The summed E-state index contributed by atoms with van der Waals surface area (Å²) in [7, 11) is 0. The average Bonchev–Trinajstić information content (AvgIpc) is 2.46. The van der Waals surface area contributed by atoms with Gasteiger partial charge >= 0.3 is 5.97 Å². The highest BCUT2D eigenvalue weighted by Gasteiger charge is 2.27. The molecule has 1 aliphatic heterocycles. The molecule has 1 N–H and O–H groups in total. The number of amides is 1. The van der Waals surface area contributed by atoms with Gasteiger partial charge in [-0.2, -0.15) is 0 Å². The molecule has 1 aromatic carbocycles. The third-order valence-electron chi connectivity index (χ3n) is 3.47. The van der Waals surface area contributed by atoms with Crippen molar-refractivity contribution in [2.75, 3.05) is 13.1 Å². The molecule has 1 fully saturated rings. The van der Waals surface area contributed by atoms with Crippen LogP contribution in [0.2, 0.25) is 10.0 Å². The summed E-state index contributed by atoms with van der Waals surface area (Å²) in [6.45, 7) is 0.817. The normalized spacial score (nSPS) is 19.0. The second-order valence-electron chi connectivity index (χ2n) is 4.93. The Morgan fingerprint density at radius 3 is 2.57 bits per heavy atom. The molecule has 1 amide bonds. The fourth-order valence-electron chi connectivity index (χ4n) is 2.31. The smallest absolute Gasteiger partial charge is 0.308 e. The van der Waals surface area contributed by atoms with Crippen molar-refractivity contribution in [2.24, 2.45) is 5.92 Å². The van der Waals surface area contributed by atoms with Gasteiger partial charge in [0.05, 0.1) is 5.92 Å². The number of carboxylic acid groups (broad SMARTS) is 1. The van der Waals surface area contributed by atoms with Crippen LogP contribution in [-0.2, 0) is 9.59 Å². The van der Waals surface area contributed by atoms with Gasteiger partial charge in [0.1, 0.15) is 0 Å². The highest BCUT2D eigenvalue weighted by atomic mass is 35.5. The minimum Gasteiger partial charge on any atom is -0.481 e. The molecule has 0 radical (unpaired) electrons. The maximum absolute atomic E-state index is 12.1. The number of likely N-dealkylation sites (tertiary alicyclic amines) is 1. The van der Waals surface area contributed by atoms with Crippen LogP contribution < -0.4 is 0 Å². The lowest BCUT2D eigenvalue weighted by Crippen LogP contribution is -2.41. The van der Waals surface area contributed by atoms with Gasteiger partial charge in [0.15, 0.2) is 0 Å². The van der Waals surface area contributed by atoms with Gasteiger partial charge in [-0.05, 0) is 31.1 Å². The van der Waals surface area contributed by atoms with Crippen molar-refractivity contribution in [3.05, 3.63) is 39.9 Å². The number of nitrogens with zero attached hydrogens (tertiary/aromatic N) is 1. The van der Waals surface area contributed by atoms with Crippen LogP contribution in [0.5, 0.6) is 0 Å². The number of rotatable bonds is 3. The van der Waals surface area contributed by atoms with Crippen LogP contribution in [-0.4, -0.2) is 35.0 Å². The summed E-state index contributed by atoms with van der Waals surface area (Å²) >= 11 is 12.1. The van der Waals surface area contributed by atoms with Gasteiger partial charge in [0.2, 0.25) is 5.91 Å². The summed E-state index contributed by atoms with van der Waals surface area (Å²) in [4.78, 5) is 24.7. The molecule has 1 heterocycles. The Bertz CT molecular complexity index is 566.